The van der Waals surface area contributed by atoms with Gasteiger partial charge in [-0.3, -0.25) is 0 Å². The summed E-state index contributed by atoms with van der Waals surface area (Å²) in [7, 11) is 0. The van der Waals surface area contributed by atoms with Gasteiger partial charge < -0.3 is 10.2 Å². The molecule has 114 valence electrons. The molecule has 1 aliphatic heterocycles. The van der Waals surface area contributed by atoms with Gasteiger partial charge in [-0.15, -0.1) is 11.3 Å². The van der Waals surface area contributed by atoms with Gasteiger partial charge in [0, 0.05) is 24.5 Å². The highest BCUT2D eigenvalue weighted by Gasteiger charge is 2.26. The molecule has 0 aromatic carbocycles. The van der Waals surface area contributed by atoms with E-state index in [4.69, 9.17) is 0 Å². The number of thiophene rings is 1. The van der Waals surface area contributed by atoms with Gasteiger partial charge in [-0.1, -0.05) is 26.8 Å². The molecule has 3 heteroatoms. The van der Waals surface area contributed by atoms with Gasteiger partial charge in [0.15, 0.2) is 0 Å². The van der Waals surface area contributed by atoms with Gasteiger partial charge in [0.1, 0.15) is 0 Å². The van der Waals surface area contributed by atoms with Crippen LogP contribution < -0.4 is 5.32 Å². The topological polar surface area (TPSA) is 15.3 Å². The summed E-state index contributed by atoms with van der Waals surface area (Å²) in [5, 5.41) is 5.72. The molecule has 20 heavy (non-hydrogen) atoms. The minimum Gasteiger partial charge on any atom is -0.311 e. The maximum atomic E-state index is 3.57. The molecule has 1 aliphatic rings. The van der Waals surface area contributed by atoms with Gasteiger partial charge >= 0.3 is 0 Å². The Bertz CT molecular complexity index is 367. The molecular formula is C17H30N2S. The molecule has 2 rings (SSSR count). The van der Waals surface area contributed by atoms with E-state index in [2.05, 4.69) is 48.5 Å². The summed E-state index contributed by atoms with van der Waals surface area (Å²) < 4.78 is 0. The highest BCUT2D eigenvalue weighted by atomic mass is 32.1. The number of rotatable bonds is 5. The van der Waals surface area contributed by atoms with Crippen molar-refractivity contribution in [1.82, 2.24) is 10.2 Å². The third kappa shape index (κ3) is 5.19. The average Bonchev–Trinajstić information content (AvgIpc) is 2.77. The molecule has 1 aromatic heterocycles. The van der Waals surface area contributed by atoms with Crippen molar-refractivity contribution < 1.29 is 0 Å². The normalized spacial score (nSPS) is 21.9. The largest absolute Gasteiger partial charge is 0.311 e. The van der Waals surface area contributed by atoms with Crippen molar-refractivity contribution in [1.29, 1.82) is 0 Å². The average molecular weight is 295 g/mol. The number of hydrogen-bond donors (Lipinski definition) is 1. The van der Waals surface area contributed by atoms with E-state index in [0.717, 1.165) is 19.0 Å². The van der Waals surface area contributed by atoms with Crippen LogP contribution in [0.15, 0.2) is 17.5 Å². The lowest BCUT2D eigenvalue weighted by atomic mass is 9.77. The highest BCUT2D eigenvalue weighted by molar-refractivity contribution is 7.09. The lowest BCUT2D eigenvalue weighted by Gasteiger charge is -2.29. The standard InChI is InChI=1S/C17H30N2S/c1-17(2,3)15-6-4-10-19(11-8-15)12-9-18-14-16-7-5-13-20-16/h5,7,13,15,18H,4,6,8-12,14H2,1-3H3. The SMILES string of the molecule is CC(C)(C)C1CCCN(CCNCc2cccs2)CC1. The molecule has 0 spiro atoms. The van der Waals surface area contributed by atoms with Gasteiger partial charge in [0.05, 0.1) is 0 Å². The predicted octanol–water partition coefficient (Wildman–Crippen LogP) is 3.99. The molecule has 0 aliphatic carbocycles. The van der Waals surface area contributed by atoms with Crippen molar-refractivity contribution >= 4 is 11.3 Å². The van der Waals surface area contributed by atoms with Crippen LogP contribution in [0.1, 0.15) is 44.9 Å². The molecule has 1 N–H and O–H groups in total. The van der Waals surface area contributed by atoms with Crippen molar-refractivity contribution in [2.24, 2.45) is 11.3 Å². The molecule has 2 heterocycles. The van der Waals surface area contributed by atoms with E-state index in [9.17, 15) is 0 Å². The van der Waals surface area contributed by atoms with Crippen molar-refractivity contribution in [3.05, 3.63) is 22.4 Å². The van der Waals surface area contributed by atoms with E-state index < -0.39 is 0 Å². The Balaban J connectivity index is 1.64. The van der Waals surface area contributed by atoms with Crippen LogP contribution in [-0.2, 0) is 6.54 Å². The minimum atomic E-state index is 0.480. The zero-order chi connectivity index (χ0) is 14.4. The van der Waals surface area contributed by atoms with E-state index >= 15 is 0 Å². The molecule has 1 saturated heterocycles. The third-order valence-electron chi connectivity index (χ3n) is 4.53. The van der Waals surface area contributed by atoms with Crippen molar-refractivity contribution in [2.75, 3.05) is 26.2 Å². The van der Waals surface area contributed by atoms with Gasteiger partial charge in [-0.25, -0.2) is 0 Å². The quantitative estimate of drug-likeness (QED) is 0.826. The second kappa shape index (κ2) is 7.58. The predicted molar refractivity (Wildman–Crippen MR) is 89.3 cm³/mol. The van der Waals surface area contributed by atoms with Crippen LogP contribution in [0.3, 0.4) is 0 Å². The van der Waals surface area contributed by atoms with E-state index in [1.165, 1.54) is 43.8 Å². The van der Waals surface area contributed by atoms with E-state index in [1.807, 2.05) is 11.3 Å². The van der Waals surface area contributed by atoms with Gasteiger partial charge in [0.25, 0.3) is 0 Å². The van der Waals surface area contributed by atoms with Gasteiger partial charge in [-0.05, 0) is 55.1 Å². The Kier molecular flexibility index (Phi) is 6.06. The number of likely N-dealkylation sites (tertiary alicyclic amines) is 1. The molecule has 1 atom stereocenters. The minimum absolute atomic E-state index is 0.480. The smallest absolute Gasteiger partial charge is 0.0300 e. The fraction of sp³-hybridized carbons (Fsp3) is 0.765. The van der Waals surface area contributed by atoms with Crippen molar-refractivity contribution in [3.8, 4) is 0 Å². The Morgan fingerprint density at radius 1 is 1.30 bits per heavy atom. The summed E-state index contributed by atoms with van der Waals surface area (Å²) in [5.41, 5.74) is 0.480. The molecule has 0 amide bonds. The Labute approximate surface area is 128 Å². The molecular weight excluding hydrogens is 264 g/mol. The fourth-order valence-electron chi connectivity index (χ4n) is 3.11. The van der Waals surface area contributed by atoms with Crippen molar-refractivity contribution in [2.45, 2.75) is 46.6 Å². The van der Waals surface area contributed by atoms with Crippen LogP contribution in [0.4, 0.5) is 0 Å². The van der Waals surface area contributed by atoms with E-state index in [1.54, 1.807) is 0 Å². The maximum absolute atomic E-state index is 3.57. The molecule has 1 fully saturated rings. The third-order valence-corrected chi connectivity index (χ3v) is 5.41. The Morgan fingerprint density at radius 2 is 2.15 bits per heavy atom. The Hall–Kier alpha value is -0.380. The molecule has 2 nitrogen and oxygen atoms in total. The van der Waals surface area contributed by atoms with Gasteiger partial charge in [-0.2, -0.15) is 0 Å². The zero-order valence-electron chi connectivity index (χ0n) is 13.3. The van der Waals surface area contributed by atoms with Gasteiger partial charge in [0.2, 0.25) is 0 Å². The molecule has 1 unspecified atom stereocenters. The lowest BCUT2D eigenvalue weighted by molar-refractivity contribution is 0.208. The molecule has 0 radical (unpaired) electrons. The summed E-state index contributed by atoms with van der Waals surface area (Å²) in [5.74, 6) is 0.895. The van der Waals surface area contributed by atoms with Crippen LogP contribution in [0.25, 0.3) is 0 Å². The maximum Gasteiger partial charge on any atom is 0.0300 e. The zero-order valence-corrected chi connectivity index (χ0v) is 14.1. The second-order valence-electron chi connectivity index (χ2n) is 7.09. The molecule has 1 aromatic rings. The summed E-state index contributed by atoms with van der Waals surface area (Å²) in [6.45, 7) is 13.1. The van der Waals surface area contributed by atoms with Crippen LogP contribution in [-0.4, -0.2) is 31.1 Å². The monoisotopic (exact) mass is 294 g/mol. The van der Waals surface area contributed by atoms with Crippen molar-refractivity contribution in [3.63, 3.8) is 0 Å². The lowest BCUT2D eigenvalue weighted by Crippen LogP contribution is -2.33. The first kappa shape index (κ1) is 16.0. The summed E-state index contributed by atoms with van der Waals surface area (Å²) in [6, 6.07) is 4.33. The highest BCUT2D eigenvalue weighted by Crippen LogP contribution is 2.34. The van der Waals surface area contributed by atoms with Crippen LogP contribution in [0.2, 0.25) is 0 Å². The summed E-state index contributed by atoms with van der Waals surface area (Å²) in [6.07, 6.45) is 4.14. The van der Waals surface area contributed by atoms with Crippen LogP contribution in [0, 0.1) is 11.3 Å². The summed E-state index contributed by atoms with van der Waals surface area (Å²) >= 11 is 1.84. The number of nitrogens with zero attached hydrogens (tertiary/aromatic N) is 1. The first-order chi connectivity index (χ1) is 9.55. The first-order valence-corrected chi connectivity index (χ1v) is 8.89. The fourth-order valence-corrected chi connectivity index (χ4v) is 3.78. The summed E-state index contributed by atoms with van der Waals surface area (Å²) in [4.78, 5) is 4.08. The molecule has 0 saturated carbocycles. The van der Waals surface area contributed by atoms with E-state index in [-0.39, 0.29) is 0 Å². The number of nitrogens with one attached hydrogen (secondary N) is 1. The number of hydrogen-bond acceptors (Lipinski definition) is 3. The van der Waals surface area contributed by atoms with Crippen LogP contribution in [0.5, 0.6) is 0 Å². The first-order valence-electron chi connectivity index (χ1n) is 8.01. The second-order valence-corrected chi connectivity index (χ2v) is 8.12. The van der Waals surface area contributed by atoms with E-state index in [0.29, 0.717) is 5.41 Å². The Morgan fingerprint density at radius 3 is 2.85 bits per heavy atom. The van der Waals surface area contributed by atoms with Crippen LogP contribution >= 0.6 is 11.3 Å². The molecule has 0 bridgehead atoms.